The number of sulfonamides is 1. The van der Waals surface area contributed by atoms with Crippen LogP contribution in [0.1, 0.15) is 11.4 Å². The average molecular weight is 277 g/mol. The summed E-state index contributed by atoms with van der Waals surface area (Å²) in [5.74, 6) is 0. The van der Waals surface area contributed by atoms with Gasteiger partial charge in [0, 0.05) is 31.1 Å². The van der Waals surface area contributed by atoms with Gasteiger partial charge in [-0.15, -0.1) is 0 Å². The van der Waals surface area contributed by atoms with Crippen molar-refractivity contribution in [2.45, 2.75) is 11.3 Å². The molecule has 0 aromatic carbocycles. The minimum absolute atomic E-state index is 0.0381. The summed E-state index contributed by atoms with van der Waals surface area (Å²) in [6.07, 6.45) is 4.85. The minimum Gasteiger partial charge on any atom is -0.348 e. The number of pyridine rings is 1. The quantitative estimate of drug-likeness (QED) is 0.810. The van der Waals surface area contributed by atoms with E-state index < -0.39 is 10.0 Å². The van der Waals surface area contributed by atoms with Crippen molar-refractivity contribution in [3.05, 3.63) is 42.2 Å². The molecule has 0 spiro atoms. The van der Waals surface area contributed by atoms with Gasteiger partial charge in [0.1, 0.15) is 16.7 Å². The molecule has 2 N–H and O–H groups in total. The highest BCUT2D eigenvalue weighted by Gasteiger charge is 2.13. The van der Waals surface area contributed by atoms with E-state index in [4.69, 9.17) is 5.26 Å². The van der Waals surface area contributed by atoms with Crippen molar-refractivity contribution in [2.24, 2.45) is 0 Å². The van der Waals surface area contributed by atoms with Gasteiger partial charge in [0.05, 0.1) is 6.33 Å². The van der Waals surface area contributed by atoms with Crippen LogP contribution in [0.25, 0.3) is 0 Å². The number of aromatic nitrogens is 3. The number of aromatic amines is 1. The predicted octanol–water partition coefficient (Wildman–Crippen LogP) is 0.197. The van der Waals surface area contributed by atoms with E-state index >= 15 is 0 Å². The number of hydrogen-bond donors (Lipinski definition) is 2. The first-order valence-electron chi connectivity index (χ1n) is 5.45. The van der Waals surface area contributed by atoms with Crippen LogP contribution in [0.3, 0.4) is 0 Å². The van der Waals surface area contributed by atoms with E-state index in [9.17, 15) is 8.42 Å². The Bertz CT molecular complexity index is 671. The Kier molecular flexibility index (Phi) is 3.89. The average Bonchev–Trinajstić information content (AvgIpc) is 2.92. The molecule has 0 aliphatic heterocycles. The van der Waals surface area contributed by atoms with Crippen LogP contribution < -0.4 is 4.72 Å². The van der Waals surface area contributed by atoms with Crippen LogP contribution in [-0.2, 0) is 16.4 Å². The first-order chi connectivity index (χ1) is 9.12. The fourth-order valence-electron chi connectivity index (χ4n) is 1.43. The standard InChI is InChI=1S/C11H11N5O2S/c12-5-9-1-2-11(7-14-9)19(17,18)16-4-3-10-6-13-8-15-10/h1-2,6-8,16H,3-4H2,(H,13,15). The maximum Gasteiger partial charge on any atom is 0.242 e. The first-order valence-corrected chi connectivity index (χ1v) is 6.93. The minimum atomic E-state index is -3.59. The van der Waals surface area contributed by atoms with Crippen LogP contribution >= 0.6 is 0 Å². The van der Waals surface area contributed by atoms with Gasteiger partial charge in [-0.05, 0) is 12.1 Å². The lowest BCUT2D eigenvalue weighted by atomic mass is 10.3. The molecule has 8 heteroatoms. The highest BCUT2D eigenvalue weighted by Crippen LogP contribution is 2.07. The summed E-state index contributed by atoms with van der Waals surface area (Å²) in [5.41, 5.74) is 1.03. The van der Waals surface area contributed by atoms with Crippen LogP contribution in [0.5, 0.6) is 0 Å². The molecular weight excluding hydrogens is 266 g/mol. The van der Waals surface area contributed by atoms with Gasteiger partial charge >= 0.3 is 0 Å². The second-order valence-electron chi connectivity index (χ2n) is 3.72. The predicted molar refractivity (Wildman–Crippen MR) is 66.4 cm³/mol. The maximum atomic E-state index is 11.9. The van der Waals surface area contributed by atoms with E-state index in [0.717, 1.165) is 11.9 Å². The summed E-state index contributed by atoms with van der Waals surface area (Å²) in [4.78, 5) is 10.5. The van der Waals surface area contributed by atoms with Crippen LogP contribution in [0.15, 0.2) is 35.7 Å². The molecule has 0 unspecified atom stereocenters. The van der Waals surface area contributed by atoms with E-state index in [2.05, 4.69) is 19.7 Å². The Labute approximate surface area is 110 Å². The number of nitrogens with one attached hydrogen (secondary N) is 2. The van der Waals surface area contributed by atoms with Crippen molar-refractivity contribution in [1.82, 2.24) is 19.7 Å². The number of imidazole rings is 1. The van der Waals surface area contributed by atoms with Gasteiger partial charge in [-0.1, -0.05) is 0 Å². The fraction of sp³-hybridized carbons (Fsp3) is 0.182. The Balaban J connectivity index is 1.99. The topological polar surface area (TPSA) is 112 Å². The van der Waals surface area contributed by atoms with Gasteiger partial charge in [-0.25, -0.2) is 23.1 Å². The second kappa shape index (κ2) is 5.60. The molecule has 0 radical (unpaired) electrons. The summed E-state index contributed by atoms with van der Waals surface area (Å²) in [6.45, 7) is 0.254. The van der Waals surface area contributed by atoms with Gasteiger partial charge in [0.25, 0.3) is 0 Å². The van der Waals surface area contributed by atoms with Crippen LogP contribution in [0, 0.1) is 11.3 Å². The number of rotatable bonds is 5. The molecular formula is C11H11N5O2S. The molecule has 0 aliphatic rings. The summed E-state index contributed by atoms with van der Waals surface area (Å²) in [6, 6.07) is 4.55. The Morgan fingerprint density at radius 1 is 1.37 bits per heavy atom. The molecule has 0 bridgehead atoms. The Morgan fingerprint density at radius 2 is 2.21 bits per heavy atom. The highest BCUT2D eigenvalue weighted by atomic mass is 32.2. The van der Waals surface area contributed by atoms with Crippen molar-refractivity contribution >= 4 is 10.0 Å². The molecule has 98 valence electrons. The number of hydrogen-bond acceptors (Lipinski definition) is 5. The monoisotopic (exact) mass is 277 g/mol. The molecule has 2 heterocycles. The molecule has 0 amide bonds. The molecule has 2 aromatic heterocycles. The van der Waals surface area contributed by atoms with Gasteiger partial charge in [0.2, 0.25) is 10.0 Å². The maximum absolute atomic E-state index is 11.9. The molecule has 2 rings (SSSR count). The third-order valence-electron chi connectivity index (χ3n) is 2.40. The summed E-state index contributed by atoms with van der Waals surface area (Å²) in [5, 5.41) is 8.59. The smallest absolute Gasteiger partial charge is 0.242 e. The highest BCUT2D eigenvalue weighted by molar-refractivity contribution is 7.89. The zero-order valence-electron chi connectivity index (χ0n) is 9.87. The van der Waals surface area contributed by atoms with Crippen molar-refractivity contribution < 1.29 is 8.42 Å². The summed E-state index contributed by atoms with van der Waals surface area (Å²) in [7, 11) is -3.59. The van der Waals surface area contributed by atoms with E-state index in [1.165, 1.54) is 18.5 Å². The third kappa shape index (κ3) is 3.37. The van der Waals surface area contributed by atoms with E-state index in [1.807, 2.05) is 6.07 Å². The lowest BCUT2D eigenvalue weighted by Crippen LogP contribution is -2.26. The lowest BCUT2D eigenvalue weighted by Gasteiger charge is -2.05. The van der Waals surface area contributed by atoms with Crippen molar-refractivity contribution in [2.75, 3.05) is 6.54 Å². The molecule has 19 heavy (non-hydrogen) atoms. The van der Waals surface area contributed by atoms with E-state index in [1.54, 1.807) is 6.20 Å². The summed E-state index contributed by atoms with van der Waals surface area (Å²) >= 11 is 0. The van der Waals surface area contributed by atoms with E-state index in [-0.39, 0.29) is 17.1 Å². The zero-order valence-corrected chi connectivity index (χ0v) is 10.7. The molecule has 0 saturated heterocycles. The number of H-pyrrole nitrogens is 1. The van der Waals surface area contributed by atoms with Crippen molar-refractivity contribution in [1.29, 1.82) is 5.26 Å². The van der Waals surface area contributed by atoms with Crippen LogP contribution in [0.4, 0.5) is 0 Å². The first kappa shape index (κ1) is 13.2. The molecule has 7 nitrogen and oxygen atoms in total. The normalized spacial score (nSPS) is 11.1. The lowest BCUT2D eigenvalue weighted by molar-refractivity contribution is 0.581. The van der Waals surface area contributed by atoms with Crippen LogP contribution in [-0.4, -0.2) is 29.9 Å². The Morgan fingerprint density at radius 3 is 2.79 bits per heavy atom. The molecule has 0 aliphatic carbocycles. The third-order valence-corrected chi connectivity index (χ3v) is 3.85. The SMILES string of the molecule is N#Cc1ccc(S(=O)(=O)NCCc2cnc[nH]2)cn1. The zero-order chi connectivity index (χ0) is 13.7. The van der Waals surface area contributed by atoms with Gasteiger partial charge in [-0.3, -0.25) is 0 Å². The Hall–Kier alpha value is -2.24. The fourth-order valence-corrected chi connectivity index (χ4v) is 2.41. The second-order valence-corrected chi connectivity index (χ2v) is 5.48. The van der Waals surface area contributed by atoms with E-state index in [0.29, 0.717) is 6.42 Å². The van der Waals surface area contributed by atoms with Crippen molar-refractivity contribution in [3.63, 3.8) is 0 Å². The van der Waals surface area contributed by atoms with Gasteiger partial charge < -0.3 is 4.98 Å². The molecule has 0 atom stereocenters. The van der Waals surface area contributed by atoms with Crippen LogP contribution in [0.2, 0.25) is 0 Å². The van der Waals surface area contributed by atoms with Gasteiger partial charge in [-0.2, -0.15) is 5.26 Å². The van der Waals surface area contributed by atoms with Gasteiger partial charge in [0.15, 0.2) is 0 Å². The molecule has 2 aromatic rings. The molecule has 0 fully saturated rings. The largest absolute Gasteiger partial charge is 0.348 e. The summed E-state index contributed by atoms with van der Waals surface area (Å²) < 4.78 is 26.3. The van der Waals surface area contributed by atoms with Crippen molar-refractivity contribution in [3.8, 4) is 6.07 Å². The number of nitrogens with zero attached hydrogens (tertiary/aromatic N) is 3. The molecule has 0 saturated carbocycles. The number of nitriles is 1.